The van der Waals surface area contributed by atoms with Crippen LogP contribution in [0, 0.1) is 0 Å². The van der Waals surface area contributed by atoms with Crippen LogP contribution < -0.4 is 10.6 Å². The molecule has 0 heterocycles. The van der Waals surface area contributed by atoms with Gasteiger partial charge in [-0.05, 0) is 31.4 Å². The first kappa shape index (κ1) is 17.6. The third kappa shape index (κ3) is 4.61. The molecule has 0 atom stereocenters. The van der Waals surface area contributed by atoms with Gasteiger partial charge in [0, 0.05) is 37.6 Å². The molecule has 1 aliphatic carbocycles. The Morgan fingerprint density at radius 3 is 2.57 bits per heavy atom. The van der Waals surface area contributed by atoms with Crippen molar-refractivity contribution in [3.63, 3.8) is 0 Å². The zero-order chi connectivity index (χ0) is 16.9. The molecule has 1 saturated carbocycles. The normalized spacial score (nSPS) is 15.9. The van der Waals surface area contributed by atoms with Crippen LogP contribution in [0.3, 0.4) is 0 Å². The van der Waals surface area contributed by atoms with Gasteiger partial charge in [-0.3, -0.25) is 4.79 Å². The highest BCUT2D eigenvalue weighted by Crippen LogP contribution is 2.49. The van der Waals surface area contributed by atoms with E-state index in [9.17, 15) is 4.79 Å². The zero-order valence-corrected chi connectivity index (χ0v) is 14.8. The van der Waals surface area contributed by atoms with Crippen molar-refractivity contribution in [2.45, 2.75) is 25.2 Å². The number of carbonyl (C=O) groups excluding carboxylic acids is 1. The molecule has 0 aromatic heterocycles. The summed E-state index contributed by atoms with van der Waals surface area (Å²) in [4.78, 5) is 17.6. The minimum atomic E-state index is -0.0190. The SMILES string of the molecule is CCNC(=NCC(=O)N(C)C)NCC1(c2ccccc2Cl)CC1. The lowest BCUT2D eigenvalue weighted by molar-refractivity contribution is -0.127. The molecular formula is C17H25ClN4O. The number of likely N-dealkylation sites (N-methyl/N-ethyl adjacent to an activating group) is 1. The first-order valence-corrected chi connectivity index (χ1v) is 8.33. The molecule has 5 nitrogen and oxygen atoms in total. The fourth-order valence-corrected chi connectivity index (χ4v) is 2.80. The third-order valence-corrected chi connectivity index (χ3v) is 4.44. The quantitative estimate of drug-likeness (QED) is 0.617. The highest BCUT2D eigenvalue weighted by molar-refractivity contribution is 6.31. The van der Waals surface area contributed by atoms with E-state index in [1.54, 1.807) is 19.0 Å². The molecule has 1 aliphatic rings. The van der Waals surface area contributed by atoms with Crippen LogP contribution >= 0.6 is 11.6 Å². The van der Waals surface area contributed by atoms with Gasteiger partial charge in [0.05, 0.1) is 0 Å². The molecule has 1 aromatic carbocycles. The Balaban J connectivity index is 2.00. The molecule has 0 bridgehead atoms. The van der Waals surface area contributed by atoms with E-state index >= 15 is 0 Å². The smallest absolute Gasteiger partial charge is 0.243 e. The number of hydrogen-bond donors (Lipinski definition) is 2. The Bertz CT molecular complexity index is 582. The van der Waals surface area contributed by atoms with Crippen LogP contribution in [0.25, 0.3) is 0 Å². The lowest BCUT2D eigenvalue weighted by Gasteiger charge is -2.20. The van der Waals surface area contributed by atoms with Crippen LogP contribution in [-0.2, 0) is 10.2 Å². The predicted molar refractivity (Wildman–Crippen MR) is 95.0 cm³/mol. The molecule has 6 heteroatoms. The molecule has 126 valence electrons. The van der Waals surface area contributed by atoms with Gasteiger partial charge in [-0.1, -0.05) is 29.8 Å². The Morgan fingerprint density at radius 2 is 2.00 bits per heavy atom. The van der Waals surface area contributed by atoms with Crippen molar-refractivity contribution in [1.82, 2.24) is 15.5 Å². The predicted octanol–water partition coefficient (Wildman–Crippen LogP) is 2.01. The number of carbonyl (C=O) groups is 1. The Hall–Kier alpha value is -1.75. The van der Waals surface area contributed by atoms with Gasteiger partial charge in [0.2, 0.25) is 5.91 Å². The van der Waals surface area contributed by atoms with Crippen LogP contribution in [0.1, 0.15) is 25.3 Å². The van der Waals surface area contributed by atoms with Gasteiger partial charge in [-0.2, -0.15) is 0 Å². The zero-order valence-electron chi connectivity index (χ0n) is 14.0. The highest BCUT2D eigenvalue weighted by Gasteiger charge is 2.45. The number of benzene rings is 1. The number of aliphatic imine (C=N–C) groups is 1. The van der Waals surface area contributed by atoms with Crippen molar-refractivity contribution in [3.8, 4) is 0 Å². The van der Waals surface area contributed by atoms with E-state index in [0.717, 1.165) is 31.0 Å². The maximum Gasteiger partial charge on any atom is 0.243 e. The molecule has 0 unspecified atom stereocenters. The van der Waals surface area contributed by atoms with E-state index in [2.05, 4.69) is 21.7 Å². The first-order valence-electron chi connectivity index (χ1n) is 7.96. The van der Waals surface area contributed by atoms with Gasteiger partial charge in [0.1, 0.15) is 6.54 Å². The van der Waals surface area contributed by atoms with E-state index in [4.69, 9.17) is 11.6 Å². The summed E-state index contributed by atoms with van der Waals surface area (Å²) in [5, 5.41) is 7.35. The molecule has 2 N–H and O–H groups in total. The standard InChI is InChI=1S/C17H25ClN4O/c1-4-19-16(20-11-15(23)22(2)3)21-12-17(9-10-17)13-7-5-6-8-14(13)18/h5-8H,4,9-12H2,1-3H3,(H2,19,20,21). The van der Waals surface area contributed by atoms with Crippen molar-refractivity contribution >= 4 is 23.5 Å². The van der Waals surface area contributed by atoms with E-state index in [-0.39, 0.29) is 17.9 Å². The van der Waals surface area contributed by atoms with Crippen LogP contribution in [0.5, 0.6) is 0 Å². The minimum Gasteiger partial charge on any atom is -0.357 e. The summed E-state index contributed by atoms with van der Waals surface area (Å²) in [5.41, 5.74) is 1.27. The molecule has 1 fully saturated rings. The second kappa shape index (κ2) is 7.68. The van der Waals surface area contributed by atoms with Gasteiger partial charge >= 0.3 is 0 Å². The average Bonchev–Trinajstić information content (AvgIpc) is 3.31. The Kier molecular flexibility index (Phi) is 5.88. The third-order valence-electron chi connectivity index (χ3n) is 4.11. The summed E-state index contributed by atoms with van der Waals surface area (Å²) >= 11 is 6.34. The molecule has 1 amide bonds. The number of guanidine groups is 1. The molecular weight excluding hydrogens is 312 g/mol. The van der Waals surface area contributed by atoms with E-state index in [0.29, 0.717) is 5.96 Å². The molecule has 0 aliphatic heterocycles. The van der Waals surface area contributed by atoms with Crippen LogP contribution in [0.15, 0.2) is 29.3 Å². The van der Waals surface area contributed by atoms with Crippen molar-refractivity contribution in [2.75, 3.05) is 33.7 Å². The number of halogens is 1. The van der Waals surface area contributed by atoms with E-state index in [1.807, 2.05) is 25.1 Å². The highest BCUT2D eigenvalue weighted by atomic mass is 35.5. The number of rotatable bonds is 6. The average molecular weight is 337 g/mol. The monoisotopic (exact) mass is 336 g/mol. The fourth-order valence-electron chi connectivity index (χ4n) is 2.47. The van der Waals surface area contributed by atoms with Gasteiger partial charge in [-0.15, -0.1) is 0 Å². The number of nitrogens with zero attached hydrogens (tertiary/aromatic N) is 2. The summed E-state index contributed by atoms with van der Waals surface area (Å²) < 4.78 is 0. The second-order valence-electron chi connectivity index (χ2n) is 6.10. The van der Waals surface area contributed by atoms with Crippen molar-refractivity contribution in [1.29, 1.82) is 0 Å². The van der Waals surface area contributed by atoms with Crippen LogP contribution in [0.2, 0.25) is 5.02 Å². The van der Waals surface area contributed by atoms with Crippen molar-refractivity contribution in [2.24, 2.45) is 4.99 Å². The van der Waals surface area contributed by atoms with Crippen LogP contribution in [-0.4, -0.2) is 50.5 Å². The second-order valence-corrected chi connectivity index (χ2v) is 6.50. The van der Waals surface area contributed by atoms with E-state index < -0.39 is 0 Å². The van der Waals surface area contributed by atoms with Crippen LogP contribution in [0.4, 0.5) is 0 Å². The topological polar surface area (TPSA) is 56.7 Å². The van der Waals surface area contributed by atoms with Crippen molar-refractivity contribution in [3.05, 3.63) is 34.9 Å². The molecule has 0 saturated heterocycles. The minimum absolute atomic E-state index is 0.0190. The van der Waals surface area contributed by atoms with Gasteiger partial charge in [0.15, 0.2) is 5.96 Å². The van der Waals surface area contributed by atoms with Gasteiger partial charge in [0.25, 0.3) is 0 Å². The Morgan fingerprint density at radius 1 is 1.30 bits per heavy atom. The summed E-state index contributed by atoms with van der Waals surface area (Å²) in [6.07, 6.45) is 2.22. The lowest BCUT2D eigenvalue weighted by atomic mass is 9.96. The largest absolute Gasteiger partial charge is 0.357 e. The van der Waals surface area contributed by atoms with Crippen molar-refractivity contribution < 1.29 is 4.79 Å². The summed E-state index contributed by atoms with van der Waals surface area (Å²) in [6.45, 7) is 3.66. The molecule has 0 radical (unpaired) electrons. The fraction of sp³-hybridized carbons (Fsp3) is 0.529. The first-order chi connectivity index (χ1) is 11.0. The summed E-state index contributed by atoms with van der Waals surface area (Å²) in [7, 11) is 3.46. The lowest BCUT2D eigenvalue weighted by Crippen LogP contribution is -2.42. The molecule has 23 heavy (non-hydrogen) atoms. The molecule has 1 aromatic rings. The van der Waals surface area contributed by atoms with Gasteiger partial charge < -0.3 is 15.5 Å². The molecule has 0 spiro atoms. The van der Waals surface area contributed by atoms with E-state index in [1.165, 1.54) is 5.56 Å². The number of hydrogen-bond acceptors (Lipinski definition) is 2. The number of nitrogens with one attached hydrogen (secondary N) is 2. The molecule has 2 rings (SSSR count). The Labute approximate surface area is 143 Å². The maximum absolute atomic E-state index is 11.7. The summed E-state index contributed by atoms with van der Waals surface area (Å²) in [5.74, 6) is 0.649. The number of amides is 1. The maximum atomic E-state index is 11.7. The van der Waals surface area contributed by atoms with Gasteiger partial charge in [-0.25, -0.2) is 4.99 Å². The summed E-state index contributed by atoms with van der Waals surface area (Å²) in [6, 6.07) is 8.01.